The highest BCUT2D eigenvalue weighted by Crippen LogP contribution is 2.26. The van der Waals surface area contributed by atoms with E-state index in [0.29, 0.717) is 22.2 Å². The SMILES string of the molecule is Cc1ccc(-n2nc(C(=O)Nc3nc(COS(=O)(=O)c4ccc(C)cc4)cs3)c3csc(C)c3c2=O)cc1. The van der Waals surface area contributed by atoms with E-state index >= 15 is 0 Å². The van der Waals surface area contributed by atoms with Crippen LogP contribution in [0.1, 0.15) is 32.2 Å². The van der Waals surface area contributed by atoms with Crippen molar-refractivity contribution < 1.29 is 17.4 Å². The Kier molecular flexibility index (Phi) is 6.97. The number of carbonyl (C=O) groups is 1. The average molecular weight is 567 g/mol. The first-order valence-corrected chi connectivity index (χ1v) is 14.6. The number of nitrogens with zero attached hydrogens (tertiary/aromatic N) is 3. The third-order valence-corrected chi connectivity index (χ3v) is 8.77. The molecule has 0 atom stereocenters. The van der Waals surface area contributed by atoms with E-state index in [1.807, 2.05) is 32.9 Å². The minimum absolute atomic E-state index is 0.0525. The standard InChI is InChI=1S/C26H22N4O5S3/c1-15-4-8-19(9-5-15)30-25(32)22-17(3)36-14-21(22)23(29-30)24(31)28-26-27-18(13-37-26)12-35-38(33,34)20-10-6-16(2)7-11-20/h4-11,13-14H,12H2,1-3H3,(H,27,28,31). The largest absolute Gasteiger partial charge is 0.297 e. The highest BCUT2D eigenvalue weighted by molar-refractivity contribution is 7.86. The van der Waals surface area contributed by atoms with E-state index in [9.17, 15) is 18.0 Å². The van der Waals surface area contributed by atoms with E-state index in [4.69, 9.17) is 4.18 Å². The Morgan fingerprint density at radius 1 is 0.974 bits per heavy atom. The first-order chi connectivity index (χ1) is 18.1. The Bertz CT molecular complexity index is 1820. The third kappa shape index (κ3) is 5.16. The summed E-state index contributed by atoms with van der Waals surface area (Å²) in [5.74, 6) is -0.539. The number of aryl methyl sites for hydroxylation is 3. The van der Waals surface area contributed by atoms with Gasteiger partial charge < -0.3 is 0 Å². The Hall–Kier alpha value is -3.71. The van der Waals surface area contributed by atoms with E-state index in [0.717, 1.165) is 27.3 Å². The smallest absolute Gasteiger partial charge is 0.296 e. The number of thiazole rings is 1. The van der Waals surface area contributed by atoms with Crippen molar-refractivity contribution >= 4 is 54.6 Å². The Labute approximate surface area is 226 Å². The number of carbonyl (C=O) groups excluding carboxylic acids is 1. The van der Waals surface area contributed by atoms with Gasteiger partial charge in [0, 0.05) is 21.0 Å². The highest BCUT2D eigenvalue weighted by atomic mass is 32.2. The first kappa shape index (κ1) is 25.9. The van der Waals surface area contributed by atoms with Gasteiger partial charge in [-0.25, -0.2) is 4.98 Å². The van der Waals surface area contributed by atoms with E-state index in [-0.39, 0.29) is 27.9 Å². The molecule has 0 aliphatic carbocycles. The zero-order valence-corrected chi connectivity index (χ0v) is 23.0. The van der Waals surface area contributed by atoms with Crippen molar-refractivity contribution in [3.8, 4) is 5.69 Å². The van der Waals surface area contributed by atoms with Gasteiger partial charge >= 0.3 is 0 Å². The maximum atomic E-state index is 13.3. The Morgan fingerprint density at radius 2 is 1.63 bits per heavy atom. The molecule has 1 N–H and O–H groups in total. The number of rotatable bonds is 7. The summed E-state index contributed by atoms with van der Waals surface area (Å²) >= 11 is 2.49. The summed E-state index contributed by atoms with van der Waals surface area (Å²) in [6, 6.07) is 13.6. The molecule has 2 aromatic carbocycles. The topological polar surface area (TPSA) is 120 Å². The summed E-state index contributed by atoms with van der Waals surface area (Å²) in [5.41, 5.74) is 2.63. The van der Waals surface area contributed by atoms with Gasteiger partial charge in [0.15, 0.2) is 10.8 Å². The van der Waals surface area contributed by atoms with Gasteiger partial charge in [0.2, 0.25) is 0 Å². The van der Waals surface area contributed by atoms with Crippen LogP contribution in [0.2, 0.25) is 0 Å². The minimum Gasteiger partial charge on any atom is -0.296 e. The number of anilines is 1. The fourth-order valence-electron chi connectivity index (χ4n) is 3.73. The number of thiophene rings is 1. The number of hydrogen-bond acceptors (Lipinski definition) is 9. The van der Waals surface area contributed by atoms with Gasteiger partial charge in [-0.1, -0.05) is 35.4 Å². The van der Waals surface area contributed by atoms with Gasteiger partial charge in [0.05, 0.1) is 21.7 Å². The maximum absolute atomic E-state index is 13.3. The van der Waals surface area contributed by atoms with Crippen molar-refractivity contribution in [2.24, 2.45) is 0 Å². The molecule has 3 aromatic heterocycles. The number of fused-ring (bicyclic) bond motifs is 1. The Morgan fingerprint density at radius 3 is 2.32 bits per heavy atom. The van der Waals surface area contributed by atoms with Crippen molar-refractivity contribution in [2.75, 3.05) is 5.32 Å². The summed E-state index contributed by atoms with van der Waals surface area (Å²) in [6.45, 7) is 5.34. The molecular formula is C26H22N4O5S3. The summed E-state index contributed by atoms with van der Waals surface area (Å²) < 4.78 is 31.3. The van der Waals surface area contributed by atoms with Crippen molar-refractivity contribution in [3.05, 3.63) is 97.0 Å². The molecule has 0 aliphatic rings. The van der Waals surface area contributed by atoms with Crippen LogP contribution in [0.4, 0.5) is 5.13 Å². The van der Waals surface area contributed by atoms with E-state index in [1.54, 1.807) is 35.0 Å². The molecule has 0 saturated heterocycles. The van der Waals surface area contributed by atoms with Gasteiger partial charge in [-0.3, -0.25) is 19.1 Å². The molecule has 3 heterocycles. The number of amides is 1. The van der Waals surface area contributed by atoms with E-state index < -0.39 is 16.0 Å². The molecule has 0 aliphatic heterocycles. The predicted octanol–water partition coefficient (Wildman–Crippen LogP) is 4.99. The lowest BCUT2D eigenvalue weighted by Gasteiger charge is -2.09. The molecule has 5 aromatic rings. The van der Waals surface area contributed by atoms with Crippen LogP contribution in [0.3, 0.4) is 0 Å². The van der Waals surface area contributed by atoms with Crippen molar-refractivity contribution in [1.82, 2.24) is 14.8 Å². The third-order valence-electron chi connectivity index (χ3n) is 5.77. The van der Waals surface area contributed by atoms with Gasteiger partial charge in [0.25, 0.3) is 21.6 Å². The second-order valence-corrected chi connectivity index (χ2v) is 12.2. The van der Waals surface area contributed by atoms with Crippen LogP contribution in [0, 0.1) is 20.8 Å². The lowest BCUT2D eigenvalue weighted by Crippen LogP contribution is -2.26. The molecule has 0 unspecified atom stereocenters. The molecule has 0 spiro atoms. The molecule has 38 heavy (non-hydrogen) atoms. The van der Waals surface area contributed by atoms with Gasteiger partial charge in [0.1, 0.15) is 6.61 Å². The molecule has 12 heteroatoms. The summed E-state index contributed by atoms with van der Waals surface area (Å²) in [4.78, 5) is 31.6. The minimum atomic E-state index is -3.96. The van der Waals surface area contributed by atoms with Crippen LogP contribution >= 0.6 is 22.7 Å². The molecule has 1 amide bonds. The van der Waals surface area contributed by atoms with Crippen molar-refractivity contribution in [2.45, 2.75) is 32.3 Å². The van der Waals surface area contributed by atoms with Crippen LogP contribution in [-0.4, -0.2) is 29.1 Å². The zero-order valence-electron chi connectivity index (χ0n) is 20.6. The zero-order chi connectivity index (χ0) is 27.0. The van der Waals surface area contributed by atoms with E-state index in [1.165, 1.54) is 28.2 Å². The quantitative estimate of drug-likeness (QED) is 0.276. The van der Waals surface area contributed by atoms with Crippen LogP contribution in [0.5, 0.6) is 0 Å². The van der Waals surface area contributed by atoms with Crippen molar-refractivity contribution in [1.29, 1.82) is 0 Å². The molecule has 0 fully saturated rings. The lowest BCUT2D eigenvalue weighted by atomic mass is 10.2. The number of hydrogen-bond donors (Lipinski definition) is 1. The molecule has 5 rings (SSSR count). The Balaban J connectivity index is 1.38. The normalized spacial score (nSPS) is 11.7. The molecule has 194 valence electrons. The van der Waals surface area contributed by atoms with Gasteiger partial charge in [-0.05, 0) is 45.0 Å². The fourth-order valence-corrected chi connectivity index (χ4v) is 6.14. The van der Waals surface area contributed by atoms with E-state index in [2.05, 4.69) is 15.4 Å². The number of nitrogens with one attached hydrogen (secondary N) is 1. The van der Waals surface area contributed by atoms with Crippen LogP contribution < -0.4 is 10.9 Å². The summed E-state index contributed by atoms with van der Waals surface area (Å²) in [7, 11) is -3.96. The molecule has 0 bridgehead atoms. The summed E-state index contributed by atoms with van der Waals surface area (Å²) in [5, 5.41) is 11.6. The van der Waals surface area contributed by atoms with Gasteiger partial charge in [-0.2, -0.15) is 18.2 Å². The predicted molar refractivity (Wildman–Crippen MR) is 148 cm³/mol. The lowest BCUT2D eigenvalue weighted by molar-refractivity contribution is 0.102. The first-order valence-electron chi connectivity index (χ1n) is 11.4. The number of aromatic nitrogens is 3. The summed E-state index contributed by atoms with van der Waals surface area (Å²) in [6.07, 6.45) is 0. The monoisotopic (exact) mass is 566 g/mol. The fraction of sp³-hybridized carbons (Fsp3) is 0.154. The molecule has 9 nitrogen and oxygen atoms in total. The number of benzene rings is 2. The van der Waals surface area contributed by atoms with Crippen molar-refractivity contribution in [3.63, 3.8) is 0 Å². The van der Waals surface area contributed by atoms with Crippen LogP contribution in [0.25, 0.3) is 16.5 Å². The molecule has 0 radical (unpaired) electrons. The highest BCUT2D eigenvalue weighted by Gasteiger charge is 2.22. The second kappa shape index (κ2) is 10.2. The second-order valence-electron chi connectivity index (χ2n) is 8.61. The maximum Gasteiger partial charge on any atom is 0.297 e. The molecular weight excluding hydrogens is 545 g/mol. The van der Waals surface area contributed by atoms with Crippen LogP contribution in [-0.2, 0) is 20.9 Å². The molecule has 0 saturated carbocycles. The average Bonchev–Trinajstić information content (AvgIpc) is 3.50. The van der Waals surface area contributed by atoms with Gasteiger partial charge in [-0.15, -0.1) is 22.7 Å². The van der Waals surface area contributed by atoms with Crippen LogP contribution in [0.15, 0.2) is 69.0 Å².